The van der Waals surface area contributed by atoms with Crippen molar-refractivity contribution in [2.75, 3.05) is 12.3 Å². The largest absolute Gasteiger partial charge is 0.269 e. The van der Waals surface area contributed by atoms with Gasteiger partial charge in [0.2, 0.25) is 0 Å². The van der Waals surface area contributed by atoms with Crippen LogP contribution in [0.15, 0.2) is 123 Å². The molecule has 248 valence electrons. The number of hydrogen-bond acceptors (Lipinski definition) is 9. The van der Waals surface area contributed by atoms with E-state index >= 15 is 0 Å². The van der Waals surface area contributed by atoms with E-state index in [1.54, 1.807) is 32.0 Å². The van der Waals surface area contributed by atoms with E-state index in [1.165, 1.54) is 84.9 Å². The maximum atomic E-state index is 14.2. The van der Waals surface area contributed by atoms with Crippen molar-refractivity contribution in [3.05, 3.63) is 120 Å². The third-order valence-electron chi connectivity index (χ3n) is 7.77. The lowest BCUT2D eigenvalue weighted by atomic mass is 10.1. The van der Waals surface area contributed by atoms with E-state index in [0.717, 1.165) is 0 Å². The molecule has 0 aliphatic carbocycles. The number of carbonyl (C=O) groups excluding carboxylic acids is 1. The van der Waals surface area contributed by atoms with Gasteiger partial charge in [0.15, 0.2) is 9.84 Å². The Hall–Kier alpha value is -3.89. The maximum absolute atomic E-state index is 14.2. The molecule has 0 fully saturated rings. The molecular formula is C32H32N2O9S4. The lowest BCUT2D eigenvalue weighted by Gasteiger charge is -2.31. The molecule has 0 spiro atoms. The summed E-state index contributed by atoms with van der Waals surface area (Å²) >= 11 is 0. The Kier molecular flexibility index (Phi) is 9.50. The summed E-state index contributed by atoms with van der Waals surface area (Å²) in [5.74, 6) is -1.45. The zero-order valence-electron chi connectivity index (χ0n) is 25.4. The molecule has 0 aromatic heterocycles. The molecule has 1 heterocycles. The van der Waals surface area contributed by atoms with Crippen molar-refractivity contribution in [1.29, 1.82) is 0 Å². The first-order chi connectivity index (χ1) is 22.1. The van der Waals surface area contributed by atoms with Gasteiger partial charge in [-0.25, -0.2) is 38.0 Å². The monoisotopic (exact) mass is 716 g/mol. The van der Waals surface area contributed by atoms with Crippen LogP contribution in [-0.4, -0.2) is 65.9 Å². The molecule has 1 unspecified atom stereocenters. The molecule has 0 saturated heterocycles. The van der Waals surface area contributed by atoms with E-state index in [9.17, 15) is 38.5 Å². The van der Waals surface area contributed by atoms with Gasteiger partial charge in [-0.3, -0.25) is 4.79 Å². The number of amides is 1. The Morgan fingerprint density at radius 1 is 0.660 bits per heavy atom. The molecule has 5 rings (SSSR count). The molecule has 0 N–H and O–H groups in total. The van der Waals surface area contributed by atoms with Gasteiger partial charge in [0, 0.05) is 0 Å². The summed E-state index contributed by atoms with van der Waals surface area (Å²) in [6.45, 7) is 2.44. The van der Waals surface area contributed by atoms with Crippen LogP contribution in [0.5, 0.6) is 0 Å². The summed E-state index contributed by atoms with van der Waals surface area (Å²) in [5.41, 5.74) is 1.26. The molecule has 1 aliphatic rings. The second-order valence-electron chi connectivity index (χ2n) is 11.1. The van der Waals surface area contributed by atoms with Crippen LogP contribution in [0, 0.1) is 13.8 Å². The van der Waals surface area contributed by atoms with Crippen molar-refractivity contribution in [3.8, 4) is 0 Å². The van der Waals surface area contributed by atoms with E-state index in [0.29, 0.717) is 15.4 Å². The molecule has 15 heteroatoms. The Balaban J connectivity index is 1.61. The molecule has 4 aromatic rings. The van der Waals surface area contributed by atoms with Gasteiger partial charge >= 0.3 is 0 Å². The number of fused-ring (bicyclic) bond motifs is 1. The summed E-state index contributed by atoms with van der Waals surface area (Å²) < 4.78 is 111. The smallest absolute Gasteiger partial charge is 0.268 e. The minimum atomic E-state index is -4.88. The summed E-state index contributed by atoms with van der Waals surface area (Å²) in [4.78, 5) is 12.6. The second-order valence-corrected chi connectivity index (χ2v) is 19.0. The highest BCUT2D eigenvalue weighted by Gasteiger charge is 2.48. The zero-order chi connectivity index (χ0) is 34.2. The fraction of sp³-hybridized carbons (Fsp3) is 0.219. The molecule has 1 aliphatic heterocycles. The number of benzene rings is 4. The van der Waals surface area contributed by atoms with Crippen molar-refractivity contribution in [3.63, 3.8) is 0 Å². The van der Waals surface area contributed by atoms with E-state index in [4.69, 9.17) is 0 Å². The Morgan fingerprint density at radius 2 is 1.15 bits per heavy atom. The minimum absolute atomic E-state index is 0.0272. The fourth-order valence-corrected chi connectivity index (χ4v) is 12.1. The van der Waals surface area contributed by atoms with Gasteiger partial charge in [-0.05, 0) is 75.2 Å². The van der Waals surface area contributed by atoms with Crippen LogP contribution in [0.3, 0.4) is 0 Å². The average molecular weight is 717 g/mol. The standard InChI is InChI=1S/C32H32N2O9S4/c1-24-14-18-28(19-15-24)45(38,39)33(46(40,41)29-20-16-25(2)17-21-29)23-26(9-8-22-44(36,37)27-10-4-3-5-11-27)34-32(35)30-12-6-7-13-31(30)47(34,42)43/h3-7,10-21,26H,8-9,22-23H2,1-2H3. The summed E-state index contributed by atoms with van der Waals surface area (Å²) in [6, 6.07) is 22.2. The van der Waals surface area contributed by atoms with Gasteiger partial charge < -0.3 is 0 Å². The SMILES string of the molecule is Cc1ccc(S(=O)(=O)N(CC(CCCS(=O)(=O)c2ccccc2)N2C(=O)c3ccccc3S2(=O)=O)S(=O)(=O)c2ccc(C)cc2)cc1. The quantitative estimate of drug-likeness (QED) is 0.210. The predicted molar refractivity (Wildman–Crippen MR) is 175 cm³/mol. The highest BCUT2D eigenvalue weighted by Crippen LogP contribution is 2.35. The predicted octanol–water partition coefficient (Wildman–Crippen LogP) is 4.15. The number of aryl methyl sites for hydroxylation is 2. The molecule has 0 radical (unpaired) electrons. The van der Waals surface area contributed by atoms with E-state index in [-0.39, 0.29) is 41.7 Å². The van der Waals surface area contributed by atoms with Crippen molar-refractivity contribution in [2.24, 2.45) is 0 Å². The first kappa shape index (κ1) is 34.4. The van der Waals surface area contributed by atoms with Crippen LogP contribution < -0.4 is 0 Å². The fourth-order valence-electron chi connectivity index (χ4n) is 5.25. The van der Waals surface area contributed by atoms with Gasteiger partial charge in [-0.1, -0.05) is 69.4 Å². The molecule has 47 heavy (non-hydrogen) atoms. The van der Waals surface area contributed by atoms with Crippen molar-refractivity contribution >= 4 is 45.8 Å². The number of rotatable bonds is 12. The highest BCUT2D eigenvalue weighted by molar-refractivity contribution is 8.04. The molecule has 11 nitrogen and oxygen atoms in total. The summed E-state index contributed by atoms with van der Waals surface area (Å²) in [6.07, 6.45) is -0.588. The first-order valence-electron chi connectivity index (χ1n) is 14.4. The van der Waals surface area contributed by atoms with E-state index in [2.05, 4.69) is 0 Å². The van der Waals surface area contributed by atoms with Crippen LogP contribution in [0.2, 0.25) is 0 Å². The van der Waals surface area contributed by atoms with Gasteiger partial charge in [0.05, 0.1) is 38.6 Å². The van der Waals surface area contributed by atoms with Crippen LogP contribution in [0.4, 0.5) is 0 Å². The number of sulfone groups is 1. The third-order valence-corrected chi connectivity index (χ3v) is 15.8. The second kappa shape index (κ2) is 13.0. The van der Waals surface area contributed by atoms with Crippen molar-refractivity contribution in [2.45, 2.75) is 52.3 Å². The number of nitrogens with zero attached hydrogens (tertiary/aromatic N) is 2. The maximum Gasteiger partial charge on any atom is 0.269 e. The molecular weight excluding hydrogens is 685 g/mol. The van der Waals surface area contributed by atoms with Crippen LogP contribution in [-0.2, 0) is 39.9 Å². The highest BCUT2D eigenvalue weighted by atomic mass is 32.3. The Labute approximate surface area is 275 Å². The third kappa shape index (κ3) is 6.76. The molecule has 1 atom stereocenters. The van der Waals surface area contributed by atoms with Gasteiger partial charge in [0.1, 0.15) is 4.90 Å². The number of sulfonamides is 3. The minimum Gasteiger partial charge on any atom is -0.268 e. The number of hydrogen-bond donors (Lipinski definition) is 0. The molecule has 1 amide bonds. The van der Waals surface area contributed by atoms with Gasteiger partial charge in [0.25, 0.3) is 36.0 Å². The lowest BCUT2D eigenvalue weighted by Crippen LogP contribution is -2.50. The lowest BCUT2D eigenvalue weighted by molar-refractivity contribution is 0.0822. The topological polar surface area (TPSA) is 160 Å². The van der Waals surface area contributed by atoms with Crippen LogP contribution in [0.1, 0.15) is 34.3 Å². The van der Waals surface area contributed by atoms with E-state index in [1.807, 2.05) is 0 Å². The summed E-state index contributed by atoms with van der Waals surface area (Å²) in [7, 11) is -18.2. The van der Waals surface area contributed by atoms with Crippen LogP contribution >= 0.6 is 0 Å². The Morgan fingerprint density at radius 3 is 1.66 bits per heavy atom. The van der Waals surface area contributed by atoms with Crippen molar-refractivity contribution in [1.82, 2.24) is 8.02 Å². The first-order valence-corrected chi connectivity index (χ1v) is 20.4. The zero-order valence-corrected chi connectivity index (χ0v) is 28.7. The molecule has 0 saturated carbocycles. The van der Waals surface area contributed by atoms with Gasteiger partial charge in [-0.15, -0.1) is 0 Å². The van der Waals surface area contributed by atoms with E-state index < -0.39 is 64.2 Å². The van der Waals surface area contributed by atoms with Crippen LogP contribution in [0.25, 0.3) is 0 Å². The summed E-state index contributed by atoms with van der Waals surface area (Å²) in [5, 5.41) is 0. The number of carbonyl (C=O) groups is 1. The van der Waals surface area contributed by atoms with Crippen molar-refractivity contribution < 1.29 is 38.5 Å². The molecule has 4 aromatic carbocycles. The average Bonchev–Trinajstić information content (AvgIpc) is 3.24. The Bertz CT molecular complexity index is 2160. The van der Waals surface area contributed by atoms with Gasteiger partial charge in [-0.2, -0.15) is 0 Å². The normalized spacial score (nSPS) is 15.5. The molecule has 0 bridgehead atoms.